The SMILES string of the molecule is NC(=O)c1cc(-c2csc(NC(=O)[C@H]3Cc4ccccc4S3)n2)c[nH]1. The zero-order valence-corrected chi connectivity index (χ0v) is 14.6. The molecule has 3 aromatic rings. The number of hydrogen-bond acceptors (Lipinski definition) is 5. The van der Waals surface area contributed by atoms with Crippen molar-refractivity contribution in [3.05, 3.63) is 53.2 Å². The second kappa shape index (κ2) is 6.38. The molecule has 4 rings (SSSR count). The molecule has 0 unspecified atom stereocenters. The Balaban J connectivity index is 1.44. The van der Waals surface area contributed by atoms with E-state index in [9.17, 15) is 9.59 Å². The Hall–Kier alpha value is -2.58. The van der Waals surface area contributed by atoms with E-state index in [1.807, 2.05) is 23.6 Å². The van der Waals surface area contributed by atoms with Gasteiger partial charge in [-0.05, 0) is 24.1 Å². The van der Waals surface area contributed by atoms with Crippen molar-refractivity contribution in [3.63, 3.8) is 0 Å². The predicted molar refractivity (Wildman–Crippen MR) is 98.8 cm³/mol. The van der Waals surface area contributed by atoms with Crippen LogP contribution < -0.4 is 11.1 Å². The smallest absolute Gasteiger partial charge is 0.265 e. The topological polar surface area (TPSA) is 101 Å². The number of aromatic amines is 1. The largest absolute Gasteiger partial charge is 0.364 e. The Morgan fingerprint density at radius 1 is 1.32 bits per heavy atom. The number of benzene rings is 1. The Labute approximate surface area is 151 Å². The molecule has 0 spiro atoms. The van der Waals surface area contributed by atoms with E-state index in [4.69, 9.17) is 5.73 Å². The van der Waals surface area contributed by atoms with Crippen molar-refractivity contribution in [1.82, 2.24) is 9.97 Å². The van der Waals surface area contributed by atoms with Gasteiger partial charge in [-0.1, -0.05) is 18.2 Å². The number of fused-ring (bicyclic) bond motifs is 1. The number of nitrogens with one attached hydrogen (secondary N) is 2. The number of H-pyrrole nitrogens is 1. The summed E-state index contributed by atoms with van der Waals surface area (Å²) in [5, 5.41) is 5.12. The van der Waals surface area contributed by atoms with E-state index in [0.29, 0.717) is 16.5 Å². The lowest BCUT2D eigenvalue weighted by molar-refractivity contribution is -0.115. The lowest BCUT2D eigenvalue weighted by Gasteiger charge is -2.07. The highest BCUT2D eigenvalue weighted by Gasteiger charge is 2.28. The number of carbonyl (C=O) groups excluding carboxylic acids is 2. The zero-order chi connectivity index (χ0) is 17.4. The van der Waals surface area contributed by atoms with Gasteiger partial charge >= 0.3 is 0 Å². The third kappa shape index (κ3) is 3.18. The summed E-state index contributed by atoms with van der Waals surface area (Å²) >= 11 is 2.93. The molecule has 0 fully saturated rings. The highest BCUT2D eigenvalue weighted by Crippen LogP contribution is 2.37. The highest BCUT2D eigenvalue weighted by molar-refractivity contribution is 8.01. The fourth-order valence-corrected chi connectivity index (χ4v) is 4.58. The molecule has 3 heterocycles. The number of rotatable bonds is 4. The fourth-order valence-electron chi connectivity index (χ4n) is 2.66. The number of aromatic nitrogens is 2. The molecule has 1 aliphatic heterocycles. The molecule has 1 atom stereocenters. The number of carbonyl (C=O) groups is 2. The molecule has 4 N–H and O–H groups in total. The molecule has 25 heavy (non-hydrogen) atoms. The Bertz CT molecular complexity index is 938. The molecule has 8 heteroatoms. The van der Waals surface area contributed by atoms with E-state index in [0.717, 1.165) is 16.9 Å². The molecule has 2 amide bonds. The highest BCUT2D eigenvalue weighted by atomic mass is 32.2. The van der Waals surface area contributed by atoms with Crippen LogP contribution in [0.5, 0.6) is 0 Å². The van der Waals surface area contributed by atoms with Crippen molar-refractivity contribution < 1.29 is 9.59 Å². The van der Waals surface area contributed by atoms with Gasteiger partial charge in [-0.25, -0.2) is 4.98 Å². The summed E-state index contributed by atoms with van der Waals surface area (Å²) in [6.07, 6.45) is 2.40. The maximum atomic E-state index is 12.5. The monoisotopic (exact) mass is 370 g/mol. The molecule has 6 nitrogen and oxygen atoms in total. The van der Waals surface area contributed by atoms with Crippen LogP contribution >= 0.6 is 23.1 Å². The zero-order valence-electron chi connectivity index (χ0n) is 13.0. The van der Waals surface area contributed by atoms with Crippen molar-refractivity contribution in [2.45, 2.75) is 16.6 Å². The first-order chi connectivity index (χ1) is 12.1. The molecule has 0 aliphatic carbocycles. The van der Waals surface area contributed by atoms with Crippen LogP contribution in [0.4, 0.5) is 5.13 Å². The van der Waals surface area contributed by atoms with Gasteiger partial charge in [-0.3, -0.25) is 9.59 Å². The molecule has 0 bridgehead atoms. The van der Waals surface area contributed by atoms with Gasteiger partial charge in [0.1, 0.15) is 5.69 Å². The minimum Gasteiger partial charge on any atom is -0.364 e. The normalized spacial score (nSPS) is 15.8. The maximum Gasteiger partial charge on any atom is 0.265 e. The summed E-state index contributed by atoms with van der Waals surface area (Å²) in [5.74, 6) is -0.568. The number of nitrogens with two attached hydrogens (primary N) is 1. The Morgan fingerprint density at radius 3 is 2.92 bits per heavy atom. The first-order valence-corrected chi connectivity index (χ1v) is 9.35. The van der Waals surface area contributed by atoms with E-state index < -0.39 is 5.91 Å². The van der Waals surface area contributed by atoms with E-state index in [1.54, 1.807) is 24.0 Å². The van der Waals surface area contributed by atoms with E-state index >= 15 is 0 Å². The van der Waals surface area contributed by atoms with Gasteiger partial charge in [-0.2, -0.15) is 0 Å². The van der Waals surface area contributed by atoms with Gasteiger partial charge < -0.3 is 16.0 Å². The predicted octanol–water partition coefficient (Wildman–Crippen LogP) is 2.89. The number of amides is 2. The van der Waals surface area contributed by atoms with E-state index in [-0.39, 0.29) is 11.2 Å². The summed E-state index contributed by atoms with van der Waals surface area (Å²) < 4.78 is 0. The first kappa shape index (κ1) is 15.9. The van der Waals surface area contributed by atoms with Crippen LogP contribution in [0.25, 0.3) is 11.3 Å². The third-order valence-corrected chi connectivity index (χ3v) is 5.99. The molecule has 1 aliphatic rings. The lowest BCUT2D eigenvalue weighted by Crippen LogP contribution is -2.24. The fraction of sp³-hybridized carbons (Fsp3) is 0.118. The van der Waals surface area contributed by atoms with E-state index in [1.165, 1.54) is 16.9 Å². The average molecular weight is 370 g/mol. The van der Waals surface area contributed by atoms with Crippen molar-refractivity contribution in [1.29, 1.82) is 0 Å². The minimum absolute atomic E-state index is 0.0472. The number of primary amides is 1. The van der Waals surface area contributed by atoms with Gasteiger partial charge in [0.2, 0.25) is 5.91 Å². The quantitative estimate of drug-likeness (QED) is 0.657. The van der Waals surface area contributed by atoms with Crippen LogP contribution in [0.2, 0.25) is 0 Å². The summed E-state index contributed by atoms with van der Waals surface area (Å²) in [6.45, 7) is 0. The second-order valence-corrected chi connectivity index (χ2v) is 7.71. The standard InChI is InChI=1S/C17H14N4O2S2/c18-15(22)11-5-10(7-19-11)12-8-24-17(20-12)21-16(23)14-6-9-3-1-2-4-13(9)25-14/h1-5,7-8,14,19H,6H2,(H2,18,22)(H,20,21,23)/t14-/m1/s1. The lowest BCUT2D eigenvalue weighted by atomic mass is 10.1. The molecule has 126 valence electrons. The number of thioether (sulfide) groups is 1. The van der Waals surface area contributed by atoms with Crippen LogP contribution in [-0.4, -0.2) is 27.0 Å². The second-order valence-electron chi connectivity index (χ2n) is 5.61. The molecule has 0 saturated heterocycles. The first-order valence-electron chi connectivity index (χ1n) is 7.59. The van der Waals surface area contributed by atoms with Crippen LogP contribution in [0.1, 0.15) is 16.1 Å². The van der Waals surface area contributed by atoms with E-state index in [2.05, 4.69) is 21.4 Å². The number of hydrogen-bond donors (Lipinski definition) is 3. The maximum absolute atomic E-state index is 12.5. The van der Waals surface area contributed by atoms with Crippen LogP contribution in [0, 0.1) is 0 Å². The Kier molecular flexibility index (Phi) is 4.06. The van der Waals surface area contributed by atoms with Gasteiger partial charge in [0.25, 0.3) is 5.91 Å². The molecule has 0 saturated carbocycles. The van der Waals surface area contributed by atoms with Crippen LogP contribution in [0.15, 0.2) is 46.8 Å². The summed E-state index contributed by atoms with van der Waals surface area (Å²) in [6, 6.07) is 9.71. The van der Waals surface area contributed by atoms with Crippen LogP contribution in [-0.2, 0) is 11.2 Å². The van der Waals surface area contributed by atoms with Crippen LogP contribution in [0.3, 0.4) is 0 Å². The van der Waals surface area contributed by atoms with Crippen molar-refractivity contribution >= 4 is 40.0 Å². The third-order valence-electron chi connectivity index (χ3n) is 3.92. The Morgan fingerprint density at radius 2 is 2.16 bits per heavy atom. The molecular weight excluding hydrogens is 356 g/mol. The average Bonchev–Trinajstić information content (AvgIpc) is 3.32. The number of thiazole rings is 1. The van der Waals surface area contributed by atoms with Gasteiger partial charge in [0.15, 0.2) is 5.13 Å². The summed E-state index contributed by atoms with van der Waals surface area (Å²) in [4.78, 5) is 32.0. The molecule has 2 aromatic heterocycles. The van der Waals surface area contributed by atoms with Crippen molar-refractivity contribution in [3.8, 4) is 11.3 Å². The summed E-state index contributed by atoms with van der Waals surface area (Å²) in [7, 11) is 0. The molecule has 0 radical (unpaired) electrons. The van der Waals surface area contributed by atoms with Gasteiger partial charge in [-0.15, -0.1) is 23.1 Å². The number of anilines is 1. The molecular formula is C17H14N4O2S2. The molecule has 1 aromatic carbocycles. The minimum atomic E-state index is -0.521. The number of nitrogens with zero attached hydrogens (tertiary/aromatic N) is 1. The van der Waals surface area contributed by atoms with Gasteiger partial charge in [0.05, 0.1) is 10.9 Å². The van der Waals surface area contributed by atoms with Crippen molar-refractivity contribution in [2.75, 3.05) is 5.32 Å². The summed E-state index contributed by atoms with van der Waals surface area (Å²) in [5.41, 5.74) is 8.21. The van der Waals surface area contributed by atoms with Gasteiger partial charge in [0, 0.05) is 22.0 Å². The van der Waals surface area contributed by atoms with Crippen molar-refractivity contribution in [2.24, 2.45) is 5.73 Å².